The number of hydrogen-bond acceptors (Lipinski definition) is 3. The van der Waals surface area contributed by atoms with E-state index in [2.05, 4.69) is 4.98 Å². The van der Waals surface area contributed by atoms with Gasteiger partial charge in [-0.15, -0.1) is 0 Å². The molecule has 0 aliphatic heterocycles. The summed E-state index contributed by atoms with van der Waals surface area (Å²) in [5, 5.41) is 7.65. The Bertz CT molecular complexity index is 618. The SMILES string of the molecule is Cc1ccc(Oc2nc(C)cc(C)c2C(=N)N)cc1. The fourth-order valence-corrected chi connectivity index (χ4v) is 1.92. The monoisotopic (exact) mass is 255 g/mol. The second-order valence-electron chi connectivity index (χ2n) is 4.59. The standard InChI is InChI=1S/C15H17N3O/c1-9-4-6-12(7-5-9)19-15-13(14(16)17)10(2)8-11(3)18-15/h4-8H,1-3H3,(H3,16,17). The Kier molecular flexibility index (Phi) is 3.51. The highest BCUT2D eigenvalue weighted by molar-refractivity contribution is 5.98. The molecule has 2 aromatic rings. The van der Waals surface area contributed by atoms with Crippen LogP contribution in [0.4, 0.5) is 0 Å². The molecule has 98 valence electrons. The van der Waals surface area contributed by atoms with Gasteiger partial charge in [-0.05, 0) is 44.5 Å². The molecule has 1 aromatic carbocycles. The fraction of sp³-hybridized carbons (Fsp3) is 0.200. The molecule has 4 nitrogen and oxygen atoms in total. The molecule has 0 aliphatic carbocycles. The zero-order valence-electron chi connectivity index (χ0n) is 11.3. The van der Waals surface area contributed by atoms with Gasteiger partial charge in [0.2, 0.25) is 5.88 Å². The lowest BCUT2D eigenvalue weighted by molar-refractivity contribution is 0.460. The van der Waals surface area contributed by atoms with Crippen LogP contribution in [-0.4, -0.2) is 10.8 Å². The molecule has 0 spiro atoms. The number of aryl methyl sites for hydroxylation is 3. The molecule has 0 bridgehead atoms. The Balaban J connectivity index is 2.44. The first kappa shape index (κ1) is 13.1. The maximum absolute atomic E-state index is 7.65. The summed E-state index contributed by atoms with van der Waals surface area (Å²) in [5.41, 5.74) is 9.04. The minimum Gasteiger partial charge on any atom is -0.438 e. The largest absolute Gasteiger partial charge is 0.438 e. The minimum absolute atomic E-state index is 0.0351. The van der Waals surface area contributed by atoms with E-state index in [9.17, 15) is 0 Å². The molecule has 0 unspecified atom stereocenters. The molecule has 0 fully saturated rings. The summed E-state index contributed by atoms with van der Waals surface area (Å²) in [6.07, 6.45) is 0. The van der Waals surface area contributed by atoms with Gasteiger partial charge in [0.15, 0.2) is 0 Å². The average molecular weight is 255 g/mol. The summed E-state index contributed by atoms with van der Waals surface area (Å²) < 4.78 is 5.76. The third-order valence-corrected chi connectivity index (χ3v) is 2.82. The van der Waals surface area contributed by atoms with Crippen LogP contribution in [0.2, 0.25) is 0 Å². The number of pyridine rings is 1. The lowest BCUT2D eigenvalue weighted by Gasteiger charge is -2.12. The molecular weight excluding hydrogens is 238 g/mol. The zero-order chi connectivity index (χ0) is 14.0. The summed E-state index contributed by atoms with van der Waals surface area (Å²) in [6.45, 7) is 5.80. The number of nitrogen functional groups attached to an aromatic ring is 1. The summed E-state index contributed by atoms with van der Waals surface area (Å²) in [5.74, 6) is 1.03. The number of ether oxygens (including phenoxy) is 1. The molecule has 3 N–H and O–H groups in total. The van der Waals surface area contributed by atoms with Crippen LogP contribution in [0.5, 0.6) is 11.6 Å². The van der Waals surface area contributed by atoms with E-state index in [1.54, 1.807) is 0 Å². The van der Waals surface area contributed by atoms with Crippen molar-refractivity contribution >= 4 is 5.84 Å². The van der Waals surface area contributed by atoms with Crippen LogP contribution in [-0.2, 0) is 0 Å². The highest BCUT2D eigenvalue weighted by Gasteiger charge is 2.13. The molecule has 0 radical (unpaired) electrons. The Morgan fingerprint density at radius 2 is 1.79 bits per heavy atom. The highest BCUT2D eigenvalue weighted by atomic mass is 16.5. The van der Waals surface area contributed by atoms with Gasteiger partial charge < -0.3 is 10.5 Å². The zero-order valence-corrected chi connectivity index (χ0v) is 11.3. The lowest BCUT2D eigenvalue weighted by Crippen LogP contribution is -2.15. The van der Waals surface area contributed by atoms with Crippen LogP contribution < -0.4 is 10.5 Å². The van der Waals surface area contributed by atoms with Gasteiger partial charge in [0.05, 0.1) is 5.56 Å². The van der Waals surface area contributed by atoms with Crippen molar-refractivity contribution in [2.75, 3.05) is 0 Å². The summed E-state index contributed by atoms with van der Waals surface area (Å²) >= 11 is 0. The van der Waals surface area contributed by atoms with E-state index in [1.807, 2.05) is 51.1 Å². The van der Waals surface area contributed by atoms with Crippen molar-refractivity contribution in [2.45, 2.75) is 20.8 Å². The number of nitrogens with two attached hydrogens (primary N) is 1. The van der Waals surface area contributed by atoms with Crippen LogP contribution >= 0.6 is 0 Å². The van der Waals surface area contributed by atoms with Gasteiger partial charge in [0.1, 0.15) is 11.6 Å². The Labute approximate surface area is 112 Å². The van der Waals surface area contributed by atoms with E-state index in [4.69, 9.17) is 15.9 Å². The van der Waals surface area contributed by atoms with Gasteiger partial charge in [-0.3, -0.25) is 5.41 Å². The Morgan fingerprint density at radius 1 is 1.16 bits per heavy atom. The second-order valence-corrected chi connectivity index (χ2v) is 4.59. The van der Waals surface area contributed by atoms with E-state index in [0.29, 0.717) is 17.2 Å². The van der Waals surface area contributed by atoms with Gasteiger partial charge in [-0.2, -0.15) is 0 Å². The Morgan fingerprint density at radius 3 is 2.37 bits per heavy atom. The molecule has 19 heavy (non-hydrogen) atoms. The van der Waals surface area contributed by atoms with Crippen LogP contribution in [0, 0.1) is 26.2 Å². The molecule has 0 saturated carbocycles. The number of benzene rings is 1. The highest BCUT2D eigenvalue weighted by Crippen LogP contribution is 2.26. The topological polar surface area (TPSA) is 72.0 Å². The summed E-state index contributed by atoms with van der Waals surface area (Å²) in [4.78, 5) is 4.33. The number of rotatable bonds is 3. The van der Waals surface area contributed by atoms with Crippen molar-refractivity contribution in [3.63, 3.8) is 0 Å². The van der Waals surface area contributed by atoms with Gasteiger partial charge in [-0.25, -0.2) is 4.98 Å². The van der Waals surface area contributed by atoms with Crippen LogP contribution in [0.15, 0.2) is 30.3 Å². The maximum atomic E-state index is 7.65. The van der Waals surface area contributed by atoms with E-state index >= 15 is 0 Å². The van der Waals surface area contributed by atoms with E-state index < -0.39 is 0 Å². The number of nitrogens with zero attached hydrogens (tertiary/aromatic N) is 1. The number of hydrogen-bond donors (Lipinski definition) is 2. The first-order valence-electron chi connectivity index (χ1n) is 6.04. The molecule has 1 heterocycles. The lowest BCUT2D eigenvalue weighted by atomic mass is 10.1. The first-order chi connectivity index (χ1) is 8.97. The normalized spacial score (nSPS) is 10.3. The quantitative estimate of drug-likeness (QED) is 0.654. The van der Waals surface area contributed by atoms with E-state index in [-0.39, 0.29) is 5.84 Å². The number of amidine groups is 1. The number of aromatic nitrogens is 1. The second kappa shape index (κ2) is 5.10. The average Bonchev–Trinajstić information content (AvgIpc) is 2.30. The van der Waals surface area contributed by atoms with Crippen molar-refractivity contribution in [1.29, 1.82) is 5.41 Å². The van der Waals surface area contributed by atoms with E-state index in [0.717, 1.165) is 16.8 Å². The van der Waals surface area contributed by atoms with Gasteiger partial charge in [-0.1, -0.05) is 17.7 Å². The molecule has 1 aromatic heterocycles. The van der Waals surface area contributed by atoms with Crippen LogP contribution in [0.1, 0.15) is 22.4 Å². The molecule has 0 saturated heterocycles. The first-order valence-corrected chi connectivity index (χ1v) is 6.04. The van der Waals surface area contributed by atoms with Crippen molar-refractivity contribution in [1.82, 2.24) is 4.98 Å². The van der Waals surface area contributed by atoms with Crippen LogP contribution in [0.3, 0.4) is 0 Å². The Hall–Kier alpha value is -2.36. The predicted molar refractivity (Wildman–Crippen MR) is 76.0 cm³/mol. The van der Waals surface area contributed by atoms with Crippen molar-refractivity contribution in [3.05, 3.63) is 52.7 Å². The molecule has 0 amide bonds. The summed E-state index contributed by atoms with van der Waals surface area (Å²) in [6, 6.07) is 9.56. The van der Waals surface area contributed by atoms with Crippen molar-refractivity contribution < 1.29 is 4.74 Å². The predicted octanol–water partition coefficient (Wildman–Crippen LogP) is 3.08. The van der Waals surface area contributed by atoms with Crippen LogP contribution in [0.25, 0.3) is 0 Å². The smallest absolute Gasteiger partial charge is 0.230 e. The van der Waals surface area contributed by atoms with Crippen molar-refractivity contribution in [3.8, 4) is 11.6 Å². The molecule has 2 rings (SSSR count). The fourth-order valence-electron chi connectivity index (χ4n) is 1.92. The minimum atomic E-state index is -0.0351. The van der Waals surface area contributed by atoms with Gasteiger partial charge in [0.25, 0.3) is 0 Å². The van der Waals surface area contributed by atoms with Crippen molar-refractivity contribution in [2.24, 2.45) is 5.73 Å². The molecule has 4 heteroatoms. The third-order valence-electron chi connectivity index (χ3n) is 2.82. The van der Waals surface area contributed by atoms with Gasteiger partial charge >= 0.3 is 0 Å². The summed E-state index contributed by atoms with van der Waals surface area (Å²) in [7, 11) is 0. The molecule has 0 atom stereocenters. The molecule has 0 aliphatic rings. The maximum Gasteiger partial charge on any atom is 0.230 e. The third kappa shape index (κ3) is 2.91. The number of nitrogens with one attached hydrogen (secondary N) is 1. The van der Waals surface area contributed by atoms with E-state index in [1.165, 1.54) is 0 Å². The van der Waals surface area contributed by atoms with Gasteiger partial charge in [0, 0.05) is 5.69 Å². The molecular formula is C15H17N3O.